The molecule has 0 fully saturated rings. The fourth-order valence-electron chi connectivity index (χ4n) is 1.69. The zero-order chi connectivity index (χ0) is 15.2. The number of anilines is 1. The van der Waals surface area contributed by atoms with Crippen LogP contribution in [0.2, 0.25) is 0 Å². The summed E-state index contributed by atoms with van der Waals surface area (Å²) in [5, 5.41) is 11.6. The summed E-state index contributed by atoms with van der Waals surface area (Å²) in [7, 11) is 0. The van der Waals surface area contributed by atoms with Crippen LogP contribution in [0.4, 0.5) is 5.69 Å². The highest BCUT2D eigenvalue weighted by atomic mass is 79.9. The van der Waals surface area contributed by atoms with Crippen molar-refractivity contribution in [2.24, 2.45) is 0 Å². The second-order valence-corrected chi connectivity index (χ2v) is 6.69. The van der Waals surface area contributed by atoms with E-state index in [1.807, 2.05) is 31.2 Å². The topological polar surface area (TPSA) is 52.9 Å². The smallest absolute Gasteiger partial charge is 0.237 e. The van der Waals surface area contributed by atoms with Crippen LogP contribution in [-0.2, 0) is 4.79 Å². The fraction of sp³-hybridized carbons (Fsp3) is 0.125. The Hall–Kier alpha value is -1.77. The monoisotopic (exact) mass is 360 g/mol. The third-order valence-electron chi connectivity index (χ3n) is 2.80. The Balaban J connectivity index is 2.03. The van der Waals surface area contributed by atoms with E-state index in [-0.39, 0.29) is 11.2 Å². The van der Waals surface area contributed by atoms with E-state index in [4.69, 9.17) is 5.26 Å². The summed E-state index contributed by atoms with van der Waals surface area (Å²) >= 11 is 4.86. The molecule has 1 amide bonds. The van der Waals surface area contributed by atoms with Gasteiger partial charge < -0.3 is 5.32 Å². The summed E-state index contributed by atoms with van der Waals surface area (Å²) in [5.74, 6) is -0.120. The van der Waals surface area contributed by atoms with Gasteiger partial charge in [-0.2, -0.15) is 5.26 Å². The van der Waals surface area contributed by atoms with Crippen molar-refractivity contribution >= 4 is 39.3 Å². The van der Waals surface area contributed by atoms with Gasteiger partial charge in [-0.1, -0.05) is 28.1 Å². The van der Waals surface area contributed by atoms with Crippen molar-refractivity contribution in [3.63, 3.8) is 0 Å². The standard InChI is InChI=1S/C16H13BrN2OS/c1-11(21-14-8-6-13(17)7-9-14)16(20)19-15-5-3-2-4-12(15)10-18/h2-9,11H,1H3,(H,19,20). The van der Waals surface area contributed by atoms with Gasteiger partial charge in [0.25, 0.3) is 0 Å². The molecule has 21 heavy (non-hydrogen) atoms. The van der Waals surface area contributed by atoms with E-state index in [0.29, 0.717) is 11.3 Å². The maximum atomic E-state index is 12.2. The Morgan fingerprint density at radius 2 is 1.90 bits per heavy atom. The van der Waals surface area contributed by atoms with Crippen LogP contribution in [-0.4, -0.2) is 11.2 Å². The first-order valence-corrected chi connectivity index (χ1v) is 7.99. The number of halogens is 1. The Morgan fingerprint density at radius 1 is 1.24 bits per heavy atom. The van der Waals surface area contributed by atoms with E-state index in [2.05, 4.69) is 27.3 Å². The minimum atomic E-state index is -0.252. The van der Waals surface area contributed by atoms with Crippen LogP contribution in [0, 0.1) is 11.3 Å². The molecule has 0 spiro atoms. The highest BCUT2D eigenvalue weighted by molar-refractivity contribution is 9.10. The molecule has 0 bridgehead atoms. The number of hydrogen-bond acceptors (Lipinski definition) is 3. The predicted molar refractivity (Wildman–Crippen MR) is 89.2 cm³/mol. The molecule has 0 saturated carbocycles. The average Bonchev–Trinajstić information content (AvgIpc) is 2.50. The average molecular weight is 361 g/mol. The number of benzene rings is 2. The lowest BCUT2D eigenvalue weighted by Gasteiger charge is -2.12. The number of nitrogens with one attached hydrogen (secondary N) is 1. The molecule has 0 radical (unpaired) electrons. The molecule has 0 aliphatic heterocycles. The molecule has 1 unspecified atom stereocenters. The summed E-state index contributed by atoms with van der Waals surface area (Å²) in [4.78, 5) is 13.2. The van der Waals surface area contributed by atoms with Crippen LogP contribution >= 0.6 is 27.7 Å². The second kappa shape index (κ2) is 7.30. The number of para-hydroxylation sites is 1. The van der Waals surface area contributed by atoms with E-state index in [0.717, 1.165) is 9.37 Å². The lowest BCUT2D eigenvalue weighted by Crippen LogP contribution is -2.22. The molecular weight excluding hydrogens is 348 g/mol. The number of nitrogens with zero attached hydrogens (tertiary/aromatic N) is 1. The molecule has 0 aromatic heterocycles. The summed E-state index contributed by atoms with van der Waals surface area (Å²) in [6.07, 6.45) is 0. The predicted octanol–water partition coefficient (Wildman–Crippen LogP) is 4.44. The number of nitriles is 1. The van der Waals surface area contributed by atoms with Gasteiger partial charge in [-0.25, -0.2) is 0 Å². The van der Waals surface area contributed by atoms with Crippen molar-refractivity contribution in [3.05, 3.63) is 58.6 Å². The van der Waals surface area contributed by atoms with E-state index in [1.54, 1.807) is 24.3 Å². The molecule has 1 N–H and O–H groups in total. The molecule has 1 atom stereocenters. The van der Waals surface area contributed by atoms with Crippen LogP contribution in [0.3, 0.4) is 0 Å². The number of carbonyl (C=O) groups excluding carboxylic acids is 1. The van der Waals surface area contributed by atoms with Crippen LogP contribution in [0.25, 0.3) is 0 Å². The molecule has 2 aromatic rings. The Kier molecular flexibility index (Phi) is 5.43. The van der Waals surface area contributed by atoms with E-state index in [9.17, 15) is 4.79 Å². The van der Waals surface area contributed by atoms with Gasteiger partial charge in [-0.15, -0.1) is 11.8 Å². The molecule has 2 aromatic carbocycles. The third kappa shape index (κ3) is 4.35. The first-order valence-electron chi connectivity index (χ1n) is 6.32. The van der Waals surface area contributed by atoms with Crippen LogP contribution < -0.4 is 5.32 Å². The van der Waals surface area contributed by atoms with Crippen molar-refractivity contribution in [1.29, 1.82) is 5.26 Å². The fourth-order valence-corrected chi connectivity index (χ4v) is 2.83. The maximum absolute atomic E-state index is 12.2. The van der Waals surface area contributed by atoms with Crippen molar-refractivity contribution in [2.75, 3.05) is 5.32 Å². The molecule has 0 heterocycles. The van der Waals surface area contributed by atoms with Gasteiger partial charge in [-0.3, -0.25) is 4.79 Å². The highest BCUT2D eigenvalue weighted by Crippen LogP contribution is 2.26. The summed E-state index contributed by atoms with van der Waals surface area (Å²) < 4.78 is 1.01. The summed E-state index contributed by atoms with van der Waals surface area (Å²) in [6, 6.07) is 16.9. The Bertz CT molecular complexity index is 679. The summed E-state index contributed by atoms with van der Waals surface area (Å²) in [6.45, 7) is 1.84. The van der Waals surface area contributed by atoms with Crippen molar-refractivity contribution < 1.29 is 4.79 Å². The van der Waals surface area contributed by atoms with Crippen LogP contribution in [0.5, 0.6) is 0 Å². The van der Waals surface area contributed by atoms with Crippen LogP contribution in [0.1, 0.15) is 12.5 Å². The van der Waals surface area contributed by atoms with Gasteiger partial charge in [-0.05, 0) is 43.3 Å². The van der Waals surface area contributed by atoms with Gasteiger partial charge >= 0.3 is 0 Å². The maximum Gasteiger partial charge on any atom is 0.237 e. The number of rotatable bonds is 4. The number of amides is 1. The Labute approximate surface area is 136 Å². The zero-order valence-corrected chi connectivity index (χ0v) is 13.7. The molecular formula is C16H13BrN2OS. The molecule has 5 heteroatoms. The number of carbonyl (C=O) groups is 1. The van der Waals surface area contributed by atoms with Gasteiger partial charge in [0.2, 0.25) is 5.91 Å². The van der Waals surface area contributed by atoms with Gasteiger partial charge in [0.05, 0.1) is 16.5 Å². The molecule has 2 rings (SSSR count). The number of hydrogen-bond donors (Lipinski definition) is 1. The zero-order valence-electron chi connectivity index (χ0n) is 11.3. The van der Waals surface area contributed by atoms with Crippen molar-refractivity contribution in [1.82, 2.24) is 0 Å². The first kappa shape index (κ1) is 15.6. The van der Waals surface area contributed by atoms with Crippen molar-refractivity contribution in [2.45, 2.75) is 17.1 Å². The van der Waals surface area contributed by atoms with Gasteiger partial charge in [0.15, 0.2) is 0 Å². The largest absolute Gasteiger partial charge is 0.324 e. The molecule has 3 nitrogen and oxygen atoms in total. The SMILES string of the molecule is CC(Sc1ccc(Br)cc1)C(=O)Nc1ccccc1C#N. The first-order chi connectivity index (χ1) is 10.1. The highest BCUT2D eigenvalue weighted by Gasteiger charge is 2.15. The minimum Gasteiger partial charge on any atom is -0.324 e. The summed E-state index contributed by atoms with van der Waals surface area (Å²) in [5.41, 5.74) is 1.01. The second-order valence-electron chi connectivity index (χ2n) is 4.36. The molecule has 106 valence electrons. The van der Waals surface area contributed by atoms with E-state index in [1.165, 1.54) is 11.8 Å². The molecule has 0 saturated heterocycles. The minimum absolute atomic E-state index is 0.120. The quantitative estimate of drug-likeness (QED) is 0.819. The van der Waals surface area contributed by atoms with E-state index >= 15 is 0 Å². The normalized spacial score (nSPS) is 11.5. The lowest BCUT2D eigenvalue weighted by atomic mass is 10.2. The van der Waals surface area contributed by atoms with Gasteiger partial charge in [0, 0.05) is 9.37 Å². The Morgan fingerprint density at radius 3 is 2.57 bits per heavy atom. The number of thioether (sulfide) groups is 1. The molecule has 0 aliphatic carbocycles. The molecule has 0 aliphatic rings. The van der Waals surface area contributed by atoms with Crippen molar-refractivity contribution in [3.8, 4) is 6.07 Å². The third-order valence-corrected chi connectivity index (χ3v) is 4.44. The van der Waals surface area contributed by atoms with Crippen LogP contribution in [0.15, 0.2) is 57.9 Å². The lowest BCUT2D eigenvalue weighted by molar-refractivity contribution is -0.115. The van der Waals surface area contributed by atoms with Gasteiger partial charge in [0.1, 0.15) is 6.07 Å². The van der Waals surface area contributed by atoms with E-state index < -0.39 is 0 Å².